The zero-order valence-corrected chi connectivity index (χ0v) is 19.5. The van der Waals surface area contributed by atoms with Gasteiger partial charge < -0.3 is 18.8 Å². The minimum absolute atomic E-state index is 0.0157. The molecule has 1 fully saturated rings. The number of benzene rings is 1. The van der Waals surface area contributed by atoms with Crippen LogP contribution in [0.5, 0.6) is 11.5 Å². The zero-order valence-electron chi connectivity index (χ0n) is 17.9. The van der Waals surface area contributed by atoms with Crippen molar-refractivity contribution in [3.05, 3.63) is 29.7 Å². The molecule has 2 aromatic rings. The maximum absolute atomic E-state index is 12.7. The maximum atomic E-state index is 12.7. The molecule has 1 saturated heterocycles. The highest BCUT2D eigenvalue weighted by molar-refractivity contribution is 7.99. The Morgan fingerprint density at radius 3 is 2.68 bits per heavy atom. The Labute approximate surface area is 186 Å². The van der Waals surface area contributed by atoms with Crippen LogP contribution in [-0.2, 0) is 27.6 Å². The van der Waals surface area contributed by atoms with E-state index in [-0.39, 0.29) is 29.1 Å². The number of sulfone groups is 1. The molecule has 0 radical (unpaired) electrons. The Morgan fingerprint density at radius 2 is 2.03 bits per heavy atom. The van der Waals surface area contributed by atoms with E-state index in [1.165, 1.54) is 11.8 Å². The molecule has 0 spiro atoms. The van der Waals surface area contributed by atoms with Gasteiger partial charge in [0.05, 0.1) is 31.5 Å². The molecular formula is C20H27N3O6S2. The van der Waals surface area contributed by atoms with Crippen LogP contribution >= 0.6 is 11.8 Å². The fourth-order valence-electron chi connectivity index (χ4n) is 3.45. The summed E-state index contributed by atoms with van der Waals surface area (Å²) in [6.07, 6.45) is 1.06. The molecule has 1 aliphatic heterocycles. The van der Waals surface area contributed by atoms with Crippen molar-refractivity contribution in [3.8, 4) is 11.5 Å². The molecule has 31 heavy (non-hydrogen) atoms. The second-order valence-corrected chi connectivity index (χ2v) is 10.5. The number of rotatable bonds is 10. The molecule has 1 aromatic carbocycles. The highest BCUT2D eigenvalue weighted by Crippen LogP contribution is 2.28. The zero-order chi connectivity index (χ0) is 22.4. The number of ether oxygens (including phenoxy) is 2. The normalized spacial score (nSPS) is 17.5. The van der Waals surface area contributed by atoms with Crippen molar-refractivity contribution in [1.82, 2.24) is 15.1 Å². The first-order chi connectivity index (χ1) is 14.8. The van der Waals surface area contributed by atoms with Crippen molar-refractivity contribution in [2.45, 2.75) is 31.5 Å². The van der Waals surface area contributed by atoms with E-state index < -0.39 is 9.84 Å². The monoisotopic (exact) mass is 469 g/mol. The highest BCUT2D eigenvalue weighted by Gasteiger charge is 2.29. The predicted molar refractivity (Wildman–Crippen MR) is 116 cm³/mol. The van der Waals surface area contributed by atoms with Gasteiger partial charge in [0.2, 0.25) is 11.8 Å². The van der Waals surface area contributed by atoms with E-state index in [1.54, 1.807) is 19.1 Å². The van der Waals surface area contributed by atoms with Gasteiger partial charge in [-0.1, -0.05) is 17.8 Å². The molecule has 1 aromatic heterocycles. The second-order valence-electron chi connectivity index (χ2n) is 7.32. The lowest BCUT2D eigenvalue weighted by molar-refractivity contribution is -0.128. The van der Waals surface area contributed by atoms with Crippen LogP contribution in [0.4, 0.5) is 0 Å². The first-order valence-corrected chi connectivity index (χ1v) is 12.8. The third-order valence-corrected chi connectivity index (χ3v) is 7.75. The molecule has 11 heteroatoms. The van der Waals surface area contributed by atoms with E-state index in [1.807, 2.05) is 25.1 Å². The van der Waals surface area contributed by atoms with Crippen LogP contribution in [0.25, 0.3) is 0 Å². The Hall–Kier alpha value is -2.27. The van der Waals surface area contributed by atoms with Gasteiger partial charge in [-0.2, -0.15) is 0 Å². The lowest BCUT2D eigenvalue weighted by Crippen LogP contribution is -2.31. The predicted octanol–water partition coefficient (Wildman–Crippen LogP) is 2.20. The molecule has 170 valence electrons. The van der Waals surface area contributed by atoms with Gasteiger partial charge in [-0.3, -0.25) is 4.79 Å². The summed E-state index contributed by atoms with van der Waals surface area (Å²) in [6, 6.07) is 5.57. The quantitative estimate of drug-likeness (QED) is 0.483. The molecule has 0 saturated carbocycles. The Kier molecular flexibility index (Phi) is 7.82. The fourth-order valence-corrected chi connectivity index (χ4v) is 5.99. The van der Waals surface area contributed by atoms with Gasteiger partial charge >= 0.3 is 0 Å². The Morgan fingerprint density at radius 1 is 1.26 bits per heavy atom. The van der Waals surface area contributed by atoms with Gasteiger partial charge in [-0.05, 0) is 37.0 Å². The van der Waals surface area contributed by atoms with Crippen LogP contribution in [0.1, 0.15) is 24.8 Å². The summed E-state index contributed by atoms with van der Waals surface area (Å²) in [6.45, 7) is 2.92. The molecule has 0 bridgehead atoms. The average Bonchev–Trinajstić information content (AvgIpc) is 3.35. The van der Waals surface area contributed by atoms with Crippen molar-refractivity contribution in [2.24, 2.45) is 5.92 Å². The van der Waals surface area contributed by atoms with Crippen molar-refractivity contribution < 1.29 is 27.1 Å². The third kappa shape index (κ3) is 6.36. The second kappa shape index (κ2) is 10.4. The number of hydrogen-bond acceptors (Lipinski definition) is 9. The minimum Gasteiger partial charge on any atom is -0.493 e. The van der Waals surface area contributed by atoms with Crippen LogP contribution < -0.4 is 9.47 Å². The van der Waals surface area contributed by atoms with E-state index in [0.717, 1.165) is 5.56 Å². The largest absolute Gasteiger partial charge is 0.493 e. The number of carbonyl (C=O) groups excluding carboxylic acids is 1. The van der Waals surface area contributed by atoms with Gasteiger partial charge in [0.1, 0.15) is 0 Å². The first kappa shape index (κ1) is 23.4. The van der Waals surface area contributed by atoms with Gasteiger partial charge in [0, 0.05) is 19.5 Å². The van der Waals surface area contributed by atoms with Crippen LogP contribution in [0.3, 0.4) is 0 Å². The summed E-state index contributed by atoms with van der Waals surface area (Å²) in [5.41, 5.74) is 0.935. The van der Waals surface area contributed by atoms with E-state index >= 15 is 0 Å². The van der Waals surface area contributed by atoms with E-state index in [9.17, 15) is 13.2 Å². The minimum atomic E-state index is -2.94. The SMILES string of the molecule is CCN(Cc1ccc(OC)c(OC)c1)C(=O)CSc1nnc(CC2CCS(=O)(=O)C2)o1. The molecule has 3 rings (SSSR count). The number of hydrogen-bond donors (Lipinski definition) is 0. The van der Waals surface area contributed by atoms with Crippen LogP contribution in [0.2, 0.25) is 0 Å². The van der Waals surface area contributed by atoms with Gasteiger partial charge in [-0.15, -0.1) is 10.2 Å². The van der Waals surface area contributed by atoms with Gasteiger partial charge in [0.15, 0.2) is 21.3 Å². The topological polar surface area (TPSA) is 112 Å². The number of aromatic nitrogens is 2. The number of amides is 1. The Bertz CT molecular complexity index is 1010. The van der Waals surface area contributed by atoms with Crippen LogP contribution in [-0.4, -0.2) is 67.4 Å². The summed E-state index contributed by atoms with van der Waals surface area (Å²) in [7, 11) is 0.216. The third-order valence-electron chi connectivity index (χ3n) is 5.11. The number of nitrogens with zero attached hydrogens (tertiary/aromatic N) is 3. The van der Waals surface area contributed by atoms with E-state index in [2.05, 4.69) is 10.2 Å². The maximum Gasteiger partial charge on any atom is 0.277 e. The van der Waals surface area contributed by atoms with Crippen molar-refractivity contribution in [1.29, 1.82) is 0 Å². The summed E-state index contributed by atoms with van der Waals surface area (Å²) in [5.74, 6) is 2.18. The van der Waals surface area contributed by atoms with Gasteiger partial charge in [0.25, 0.3) is 5.22 Å². The molecule has 1 aliphatic rings. The first-order valence-electron chi connectivity index (χ1n) is 9.97. The molecule has 0 N–H and O–H groups in total. The number of methoxy groups -OCH3 is 2. The smallest absolute Gasteiger partial charge is 0.277 e. The number of thioether (sulfide) groups is 1. The summed E-state index contributed by atoms with van der Waals surface area (Å²) in [5, 5.41) is 8.28. The fraction of sp³-hybridized carbons (Fsp3) is 0.550. The number of carbonyl (C=O) groups is 1. The molecule has 1 amide bonds. The average molecular weight is 470 g/mol. The van der Waals surface area contributed by atoms with Crippen molar-refractivity contribution >= 4 is 27.5 Å². The van der Waals surface area contributed by atoms with Gasteiger partial charge in [-0.25, -0.2) is 8.42 Å². The lowest BCUT2D eigenvalue weighted by atomic mass is 10.1. The van der Waals surface area contributed by atoms with Crippen LogP contribution in [0, 0.1) is 5.92 Å². The summed E-state index contributed by atoms with van der Waals surface area (Å²) < 4.78 is 39.3. The standard InChI is InChI=1S/C20H27N3O6S2/c1-4-23(11-14-5-6-16(27-2)17(9-14)28-3)19(24)12-30-20-22-21-18(29-20)10-15-7-8-31(25,26)13-15/h5-6,9,15H,4,7-8,10-13H2,1-3H3. The molecule has 2 heterocycles. The van der Waals surface area contributed by atoms with E-state index in [0.29, 0.717) is 48.5 Å². The molecule has 1 atom stereocenters. The summed E-state index contributed by atoms with van der Waals surface area (Å²) in [4.78, 5) is 14.4. The molecular weight excluding hydrogens is 442 g/mol. The van der Waals surface area contributed by atoms with Crippen molar-refractivity contribution in [3.63, 3.8) is 0 Å². The highest BCUT2D eigenvalue weighted by atomic mass is 32.2. The van der Waals surface area contributed by atoms with Crippen molar-refractivity contribution in [2.75, 3.05) is 38.0 Å². The Balaban J connectivity index is 1.53. The molecule has 9 nitrogen and oxygen atoms in total. The molecule has 0 aliphatic carbocycles. The van der Waals surface area contributed by atoms with E-state index in [4.69, 9.17) is 13.9 Å². The molecule has 1 unspecified atom stereocenters. The summed E-state index contributed by atoms with van der Waals surface area (Å²) >= 11 is 1.18. The lowest BCUT2D eigenvalue weighted by Gasteiger charge is -2.21. The van der Waals surface area contributed by atoms with Crippen LogP contribution in [0.15, 0.2) is 27.8 Å².